The van der Waals surface area contributed by atoms with E-state index in [-0.39, 0.29) is 0 Å². The molecule has 0 unspecified atom stereocenters. The molecule has 2 aromatic heterocycles. The number of nitrogens with zero attached hydrogens (tertiary/aromatic N) is 5. The van der Waals surface area contributed by atoms with Crippen LogP contribution in [0.25, 0.3) is 0 Å². The smallest absolute Gasteiger partial charge is 0.142 e. The monoisotopic (exact) mass is 227 g/mol. The highest BCUT2D eigenvalue weighted by Gasteiger charge is 2.04. The van der Waals surface area contributed by atoms with Gasteiger partial charge in [0.15, 0.2) is 0 Å². The third-order valence-corrected chi connectivity index (χ3v) is 2.48. The van der Waals surface area contributed by atoms with E-state index in [1.807, 2.05) is 38.6 Å². The van der Waals surface area contributed by atoms with Crippen LogP contribution in [0.3, 0.4) is 0 Å². The van der Waals surface area contributed by atoms with Crippen molar-refractivity contribution in [2.45, 2.75) is 6.54 Å². The van der Waals surface area contributed by atoms with E-state index in [0.717, 1.165) is 17.8 Å². The van der Waals surface area contributed by atoms with Gasteiger partial charge in [-0.05, 0) is 12.1 Å². The molecule has 0 atom stereocenters. The summed E-state index contributed by atoms with van der Waals surface area (Å²) in [6.07, 6.45) is 5.46. The first kappa shape index (κ1) is 11.1. The van der Waals surface area contributed by atoms with E-state index >= 15 is 0 Å². The molecule has 0 amide bonds. The lowest BCUT2D eigenvalue weighted by Crippen LogP contribution is -2.16. The van der Waals surface area contributed by atoms with Crippen LogP contribution in [-0.2, 0) is 13.6 Å². The molecule has 2 heterocycles. The van der Waals surface area contributed by atoms with Crippen LogP contribution in [0.5, 0.6) is 0 Å². The topological polar surface area (TPSA) is 57.7 Å². The van der Waals surface area contributed by atoms with Crippen LogP contribution in [0.1, 0.15) is 11.3 Å². The normalized spacial score (nSPS) is 9.94. The van der Waals surface area contributed by atoms with Crippen LogP contribution in [0.2, 0.25) is 0 Å². The number of rotatable bonds is 3. The molecule has 0 aliphatic heterocycles. The van der Waals surface area contributed by atoms with Gasteiger partial charge >= 0.3 is 0 Å². The first-order chi connectivity index (χ1) is 8.19. The summed E-state index contributed by atoms with van der Waals surface area (Å²) >= 11 is 0. The zero-order valence-corrected chi connectivity index (χ0v) is 9.83. The number of anilines is 1. The number of hydrogen-bond acceptors (Lipinski definition) is 4. The van der Waals surface area contributed by atoms with Gasteiger partial charge in [-0.2, -0.15) is 10.4 Å². The molecule has 0 saturated carbocycles. The van der Waals surface area contributed by atoms with Gasteiger partial charge in [0.1, 0.15) is 11.8 Å². The van der Waals surface area contributed by atoms with Gasteiger partial charge in [-0.1, -0.05) is 0 Å². The number of pyridine rings is 1. The quantitative estimate of drug-likeness (QED) is 0.793. The van der Waals surface area contributed by atoms with Crippen LogP contribution in [0.4, 0.5) is 5.69 Å². The van der Waals surface area contributed by atoms with Gasteiger partial charge in [0, 0.05) is 44.3 Å². The fraction of sp³-hybridized carbons (Fsp3) is 0.250. The molecular weight excluding hydrogens is 214 g/mol. The Morgan fingerprint density at radius 1 is 1.53 bits per heavy atom. The molecule has 0 N–H and O–H groups in total. The summed E-state index contributed by atoms with van der Waals surface area (Å²) in [4.78, 5) is 6.00. The minimum absolute atomic E-state index is 0.431. The Labute approximate surface area is 99.9 Å². The zero-order chi connectivity index (χ0) is 12.3. The lowest BCUT2D eigenvalue weighted by molar-refractivity contribution is 0.766. The number of aryl methyl sites for hydroxylation is 1. The summed E-state index contributed by atoms with van der Waals surface area (Å²) in [6, 6.07) is 5.70. The Morgan fingerprint density at radius 3 is 3.00 bits per heavy atom. The van der Waals surface area contributed by atoms with Gasteiger partial charge in [-0.3, -0.25) is 4.68 Å². The van der Waals surface area contributed by atoms with Crippen molar-refractivity contribution in [1.29, 1.82) is 5.26 Å². The van der Waals surface area contributed by atoms with E-state index in [1.54, 1.807) is 16.9 Å². The van der Waals surface area contributed by atoms with Crippen LogP contribution in [0.15, 0.2) is 30.7 Å². The second-order valence-electron chi connectivity index (χ2n) is 3.89. The summed E-state index contributed by atoms with van der Waals surface area (Å²) < 4.78 is 1.77. The third-order valence-electron chi connectivity index (χ3n) is 2.48. The summed E-state index contributed by atoms with van der Waals surface area (Å²) in [6.45, 7) is 0.753. The molecule has 17 heavy (non-hydrogen) atoms. The second-order valence-corrected chi connectivity index (χ2v) is 3.89. The molecule has 0 spiro atoms. The minimum Gasteiger partial charge on any atom is -0.370 e. The first-order valence-corrected chi connectivity index (χ1v) is 5.24. The first-order valence-electron chi connectivity index (χ1n) is 5.24. The third kappa shape index (κ3) is 2.61. The Kier molecular flexibility index (Phi) is 3.06. The molecule has 0 saturated heterocycles. The van der Waals surface area contributed by atoms with Crippen molar-refractivity contribution in [1.82, 2.24) is 14.8 Å². The van der Waals surface area contributed by atoms with Crippen LogP contribution < -0.4 is 4.90 Å². The van der Waals surface area contributed by atoms with E-state index in [2.05, 4.69) is 15.0 Å². The molecule has 5 heteroatoms. The molecule has 0 aliphatic carbocycles. The highest BCUT2D eigenvalue weighted by molar-refractivity contribution is 5.48. The fourth-order valence-corrected chi connectivity index (χ4v) is 1.64. The van der Waals surface area contributed by atoms with Crippen LogP contribution >= 0.6 is 0 Å². The molecule has 0 bridgehead atoms. The fourth-order valence-electron chi connectivity index (χ4n) is 1.64. The summed E-state index contributed by atoms with van der Waals surface area (Å²) in [5.74, 6) is 0. The summed E-state index contributed by atoms with van der Waals surface area (Å²) in [5, 5.41) is 12.9. The van der Waals surface area contributed by atoms with Gasteiger partial charge in [0.2, 0.25) is 0 Å². The molecule has 2 aromatic rings. The highest BCUT2D eigenvalue weighted by atomic mass is 15.2. The Balaban J connectivity index is 2.14. The lowest BCUT2D eigenvalue weighted by Gasteiger charge is -2.18. The summed E-state index contributed by atoms with van der Waals surface area (Å²) in [5.41, 5.74) is 2.53. The number of nitriles is 1. The Morgan fingerprint density at radius 2 is 2.35 bits per heavy atom. The van der Waals surface area contributed by atoms with Crippen molar-refractivity contribution in [3.8, 4) is 6.07 Å². The van der Waals surface area contributed by atoms with Crippen molar-refractivity contribution in [2.24, 2.45) is 7.05 Å². The Bertz CT molecular complexity index is 552. The van der Waals surface area contributed by atoms with Crippen molar-refractivity contribution in [3.63, 3.8) is 0 Å². The maximum absolute atomic E-state index is 8.79. The predicted molar refractivity (Wildman–Crippen MR) is 64.3 cm³/mol. The van der Waals surface area contributed by atoms with E-state index in [0.29, 0.717) is 5.69 Å². The predicted octanol–water partition coefficient (Wildman–Crippen LogP) is 1.32. The van der Waals surface area contributed by atoms with Crippen molar-refractivity contribution in [2.75, 3.05) is 11.9 Å². The minimum atomic E-state index is 0.431. The molecule has 0 aromatic carbocycles. The average Bonchev–Trinajstić information content (AvgIpc) is 2.75. The van der Waals surface area contributed by atoms with Crippen LogP contribution in [-0.4, -0.2) is 21.8 Å². The standard InChI is InChI=1S/C12H13N5/c1-16(8-10-7-15-17(2)9-10)12-3-4-14-11(5-12)6-13/h3-5,7,9H,8H2,1-2H3. The average molecular weight is 227 g/mol. The molecule has 0 radical (unpaired) electrons. The van der Waals surface area contributed by atoms with Gasteiger partial charge in [-0.15, -0.1) is 0 Å². The zero-order valence-electron chi connectivity index (χ0n) is 9.83. The molecule has 0 fully saturated rings. The largest absolute Gasteiger partial charge is 0.370 e. The lowest BCUT2D eigenvalue weighted by atomic mass is 10.2. The SMILES string of the molecule is CN(Cc1cnn(C)c1)c1ccnc(C#N)c1. The van der Waals surface area contributed by atoms with Crippen molar-refractivity contribution in [3.05, 3.63) is 42.0 Å². The second kappa shape index (κ2) is 4.66. The molecular formula is C12H13N5. The maximum atomic E-state index is 8.79. The Hall–Kier alpha value is -2.35. The van der Waals surface area contributed by atoms with E-state index < -0.39 is 0 Å². The maximum Gasteiger partial charge on any atom is 0.142 e. The van der Waals surface area contributed by atoms with Crippen molar-refractivity contribution >= 4 is 5.69 Å². The van der Waals surface area contributed by atoms with E-state index in [1.165, 1.54) is 0 Å². The molecule has 0 aliphatic rings. The molecule has 5 nitrogen and oxygen atoms in total. The number of hydrogen-bond donors (Lipinski definition) is 0. The van der Waals surface area contributed by atoms with Gasteiger partial charge < -0.3 is 4.90 Å². The van der Waals surface area contributed by atoms with Gasteiger partial charge in [-0.25, -0.2) is 4.98 Å². The van der Waals surface area contributed by atoms with E-state index in [9.17, 15) is 0 Å². The van der Waals surface area contributed by atoms with Gasteiger partial charge in [0.25, 0.3) is 0 Å². The van der Waals surface area contributed by atoms with Gasteiger partial charge in [0.05, 0.1) is 6.20 Å². The molecule has 86 valence electrons. The highest BCUT2D eigenvalue weighted by Crippen LogP contribution is 2.15. The molecule has 2 rings (SSSR count). The summed E-state index contributed by atoms with van der Waals surface area (Å²) in [7, 11) is 3.87. The number of aromatic nitrogens is 3. The van der Waals surface area contributed by atoms with Crippen LogP contribution in [0, 0.1) is 11.3 Å². The van der Waals surface area contributed by atoms with Crippen molar-refractivity contribution < 1.29 is 0 Å². The van der Waals surface area contributed by atoms with E-state index in [4.69, 9.17) is 5.26 Å².